The van der Waals surface area contributed by atoms with E-state index in [4.69, 9.17) is 13.9 Å². The average Bonchev–Trinajstić information content (AvgIpc) is 3.49. The van der Waals surface area contributed by atoms with Gasteiger partial charge in [0.2, 0.25) is 5.91 Å². The van der Waals surface area contributed by atoms with Crippen molar-refractivity contribution in [2.75, 3.05) is 13.2 Å². The van der Waals surface area contributed by atoms with E-state index < -0.39 is 50.3 Å². The van der Waals surface area contributed by atoms with Gasteiger partial charge in [-0.15, -0.1) is 0 Å². The lowest BCUT2D eigenvalue weighted by Gasteiger charge is -2.45. The Morgan fingerprint density at radius 1 is 1.16 bits per heavy atom. The van der Waals surface area contributed by atoms with Crippen LogP contribution in [0.15, 0.2) is 30.3 Å². The van der Waals surface area contributed by atoms with Gasteiger partial charge in [0.05, 0.1) is 30.7 Å². The molecule has 4 rings (SSSR count). The molecule has 2 saturated heterocycles. The summed E-state index contributed by atoms with van der Waals surface area (Å²) in [5, 5.41) is 10.0. The van der Waals surface area contributed by atoms with Crippen LogP contribution < -0.4 is 0 Å². The Bertz CT molecular complexity index is 1050. The number of carbonyl (C=O) groups is 3. The molecule has 0 radical (unpaired) electrons. The molecule has 10 heteroatoms. The quantitative estimate of drug-likeness (QED) is 0.452. The number of amides is 3. The van der Waals surface area contributed by atoms with Gasteiger partial charge in [-0.25, -0.2) is 14.5 Å². The number of ether oxygens (including phenoxy) is 2. The fourth-order valence-corrected chi connectivity index (χ4v) is 6.69. The van der Waals surface area contributed by atoms with E-state index in [1.54, 1.807) is 13.8 Å². The van der Waals surface area contributed by atoms with Crippen molar-refractivity contribution in [2.24, 2.45) is 11.8 Å². The maximum atomic E-state index is 14.4. The second kappa shape index (κ2) is 10.3. The number of hydrogen-bond acceptors (Lipinski definition) is 6. The minimum atomic E-state index is -2.47. The number of carbonyl (C=O) groups excluding carboxylic acids is 2. The van der Waals surface area contributed by atoms with E-state index in [9.17, 15) is 19.5 Å². The summed E-state index contributed by atoms with van der Waals surface area (Å²) in [5.41, 5.74) is -0.0564. The molecular formula is C28H42N2O7Si. The number of cyclic esters (lactones) is 1. The molecule has 0 aromatic heterocycles. The van der Waals surface area contributed by atoms with E-state index in [1.807, 2.05) is 30.3 Å². The van der Waals surface area contributed by atoms with Crippen molar-refractivity contribution in [3.63, 3.8) is 0 Å². The Balaban J connectivity index is 1.72. The fraction of sp³-hybridized carbons (Fsp3) is 0.679. The second-order valence-corrected chi connectivity index (χ2v) is 17.6. The van der Waals surface area contributed by atoms with Crippen LogP contribution in [0.1, 0.15) is 53.0 Å². The molecule has 1 aliphatic carbocycles. The van der Waals surface area contributed by atoms with Crippen LogP contribution in [0.3, 0.4) is 0 Å². The minimum Gasteiger partial charge on any atom is -0.465 e. The lowest BCUT2D eigenvalue weighted by Crippen LogP contribution is -2.60. The van der Waals surface area contributed by atoms with Gasteiger partial charge in [0, 0.05) is 0 Å². The van der Waals surface area contributed by atoms with Crippen molar-refractivity contribution < 1.29 is 33.4 Å². The van der Waals surface area contributed by atoms with E-state index in [0.29, 0.717) is 6.42 Å². The SMILES string of the molecule is CC1(C)OC[C@H]([C@H](O[Si](C)(C)C(C)(C)C)[C@H](C(=O)N2C(=O)OC[C@H]2Cc2ccccc2)C2CC2)N1C(=O)O. The van der Waals surface area contributed by atoms with Crippen LogP contribution in [0.4, 0.5) is 9.59 Å². The third-order valence-electron chi connectivity index (χ3n) is 8.62. The first-order chi connectivity index (χ1) is 17.6. The summed E-state index contributed by atoms with van der Waals surface area (Å²) in [6.45, 7) is 14.2. The Morgan fingerprint density at radius 2 is 1.79 bits per heavy atom. The molecule has 0 unspecified atom stereocenters. The number of nitrogens with zero attached hydrogens (tertiary/aromatic N) is 2. The van der Waals surface area contributed by atoms with Gasteiger partial charge in [-0.1, -0.05) is 51.1 Å². The first-order valence-electron chi connectivity index (χ1n) is 13.5. The minimum absolute atomic E-state index is 0.00222. The lowest BCUT2D eigenvalue weighted by molar-refractivity contribution is -0.139. The normalized spacial score (nSPS) is 25.3. The van der Waals surface area contributed by atoms with Crippen LogP contribution in [-0.4, -0.2) is 78.4 Å². The van der Waals surface area contributed by atoms with Gasteiger partial charge in [0.15, 0.2) is 8.32 Å². The molecule has 4 atom stereocenters. The molecule has 3 aliphatic rings. The monoisotopic (exact) mass is 546 g/mol. The highest BCUT2D eigenvalue weighted by molar-refractivity contribution is 6.74. The highest BCUT2D eigenvalue weighted by Gasteiger charge is 2.57. The number of hydrogen-bond donors (Lipinski definition) is 1. The zero-order valence-electron chi connectivity index (χ0n) is 23.6. The molecule has 1 aromatic rings. The first kappa shape index (κ1) is 28.6. The fourth-order valence-electron chi connectivity index (χ4n) is 5.35. The number of benzene rings is 1. The van der Waals surface area contributed by atoms with Crippen LogP contribution in [0, 0.1) is 11.8 Å². The first-order valence-corrected chi connectivity index (χ1v) is 16.4. The van der Waals surface area contributed by atoms with Gasteiger partial charge in [-0.05, 0) is 62.7 Å². The number of carboxylic acid groups (broad SMARTS) is 1. The average molecular weight is 547 g/mol. The molecular weight excluding hydrogens is 504 g/mol. The summed E-state index contributed by atoms with van der Waals surface area (Å²) in [6, 6.07) is 8.60. The predicted octanol–water partition coefficient (Wildman–Crippen LogP) is 5.11. The van der Waals surface area contributed by atoms with Crippen LogP contribution in [-0.2, 0) is 25.1 Å². The Labute approximate surface area is 226 Å². The summed E-state index contributed by atoms with van der Waals surface area (Å²) >= 11 is 0. The third-order valence-corrected chi connectivity index (χ3v) is 13.1. The summed E-state index contributed by atoms with van der Waals surface area (Å²) in [6.07, 6.45) is -0.380. The van der Waals surface area contributed by atoms with E-state index in [2.05, 4.69) is 33.9 Å². The van der Waals surface area contributed by atoms with Crippen LogP contribution >= 0.6 is 0 Å². The van der Waals surface area contributed by atoms with E-state index in [-0.39, 0.29) is 30.1 Å². The summed E-state index contributed by atoms with van der Waals surface area (Å²) in [5.74, 6) is -1.02. The molecule has 1 aromatic carbocycles. The van der Waals surface area contributed by atoms with Crippen molar-refractivity contribution in [1.29, 1.82) is 0 Å². The Morgan fingerprint density at radius 3 is 2.34 bits per heavy atom. The van der Waals surface area contributed by atoms with E-state index in [0.717, 1.165) is 18.4 Å². The third kappa shape index (κ3) is 5.62. The van der Waals surface area contributed by atoms with Gasteiger partial charge in [0.1, 0.15) is 12.3 Å². The molecule has 210 valence electrons. The summed E-state index contributed by atoms with van der Waals surface area (Å²) < 4.78 is 18.3. The molecule has 3 amide bonds. The largest absolute Gasteiger partial charge is 0.465 e. The standard InChI is InChI=1S/C28H42N2O7Si/c1-27(2,3)38(6,7)37-23(21-17-36-28(4,5)30(21)25(32)33)22(19-13-14-19)24(31)29-20(16-35-26(29)34)15-18-11-9-8-10-12-18/h8-12,19-23H,13-17H2,1-7H3,(H,32,33)/t20-,21-,22-,23+/m1/s1. The van der Waals surface area contributed by atoms with Crippen molar-refractivity contribution >= 4 is 26.4 Å². The topological polar surface area (TPSA) is 106 Å². The Kier molecular flexibility index (Phi) is 7.73. The maximum absolute atomic E-state index is 14.4. The van der Waals surface area contributed by atoms with Gasteiger partial charge in [-0.2, -0.15) is 0 Å². The molecule has 2 heterocycles. The molecule has 0 spiro atoms. The number of rotatable bonds is 8. The van der Waals surface area contributed by atoms with Gasteiger partial charge in [0.25, 0.3) is 0 Å². The van der Waals surface area contributed by atoms with Gasteiger partial charge >= 0.3 is 12.2 Å². The van der Waals surface area contributed by atoms with Crippen LogP contribution in [0.5, 0.6) is 0 Å². The van der Waals surface area contributed by atoms with E-state index in [1.165, 1.54) is 9.80 Å². The molecule has 3 fully saturated rings. The molecule has 0 bridgehead atoms. The molecule has 1 saturated carbocycles. The summed E-state index contributed by atoms with van der Waals surface area (Å²) in [4.78, 5) is 42.3. The predicted molar refractivity (Wildman–Crippen MR) is 144 cm³/mol. The second-order valence-electron chi connectivity index (χ2n) is 12.8. The maximum Gasteiger partial charge on any atom is 0.416 e. The van der Waals surface area contributed by atoms with Crippen molar-refractivity contribution in [2.45, 2.75) is 95.9 Å². The van der Waals surface area contributed by atoms with Crippen molar-refractivity contribution in [3.05, 3.63) is 35.9 Å². The Hall–Kier alpha value is -2.43. The number of imide groups is 1. The van der Waals surface area contributed by atoms with Gasteiger partial charge in [-0.3, -0.25) is 9.69 Å². The molecule has 1 N–H and O–H groups in total. The van der Waals surface area contributed by atoms with Crippen LogP contribution in [0.25, 0.3) is 0 Å². The van der Waals surface area contributed by atoms with Crippen molar-refractivity contribution in [3.8, 4) is 0 Å². The van der Waals surface area contributed by atoms with Gasteiger partial charge < -0.3 is 19.0 Å². The zero-order chi connectivity index (χ0) is 28.0. The summed E-state index contributed by atoms with van der Waals surface area (Å²) in [7, 11) is -2.47. The van der Waals surface area contributed by atoms with E-state index >= 15 is 0 Å². The lowest BCUT2D eigenvalue weighted by atomic mass is 9.89. The van der Waals surface area contributed by atoms with Crippen molar-refractivity contribution in [1.82, 2.24) is 9.80 Å². The highest BCUT2D eigenvalue weighted by atomic mass is 28.4. The zero-order valence-corrected chi connectivity index (χ0v) is 24.6. The molecule has 9 nitrogen and oxygen atoms in total. The molecule has 38 heavy (non-hydrogen) atoms. The highest BCUT2D eigenvalue weighted by Crippen LogP contribution is 2.47. The van der Waals surface area contributed by atoms with Crippen LogP contribution in [0.2, 0.25) is 18.1 Å². The molecule has 2 aliphatic heterocycles. The smallest absolute Gasteiger partial charge is 0.416 e.